The maximum Gasteiger partial charge on any atom is 0.305 e. The normalized spacial score (nSPS) is 22.9. The zero-order valence-corrected chi connectivity index (χ0v) is 14.6. The van der Waals surface area contributed by atoms with Crippen LogP contribution in [0, 0.1) is 0 Å². The number of anilines is 1. The standard InChI is InChI=1S/C18H25NO6/c1-3-4-17(22)23-11-16-15(21)9-10-18(25-16)24-14-7-5-13(6-8-14)19-12(2)20/h5-8,15-16,18,21H,3-4,9-11H2,1-2H3,(H,19,20)/t15-,16?,18-/m0/s1. The summed E-state index contributed by atoms with van der Waals surface area (Å²) in [5.74, 6) is 0.158. The Morgan fingerprint density at radius 1 is 1.28 bits per heavy atom. The highest BCUT2D eigenvalue weighted by Crippen LogP contribution is 2.24. The van der Waals surface area contributed by atoms with E-state index < -0.39 is 18.5 Å². The number of hydrogen-bond acceptors (Lipinski definition) is 6. The molecule has 1 amide bonds. The van der Waals surface area contributed by atoms with Gasteiger partial charge in [-0.05, 0) is 37.1 Å². The molecule has 2 rings (SSSR count). The fourth-order valence-electron chi connectivity index (χ4n) is 2.51. The summed E-state index contributed by atoms with van der Waals surface area (Å²) in [7, 11) is 0. The van der Waals surface area contributed by atoms with Crippen molar-refractivity contribution in [3.8, 4) is 5.75 Å². The average Bonchev–Trinajstić information content (AvgIpc) is 2.57. The van der Waals surface area contributed by atoms with Crippen molar-refractivity contribution in [1.82, 2.24) is 0 Å². The van der Waals surface area contributed by atoms with Crippen molar-refractivity contribution in [1.29, 1.82) is 0 Å². The van der Waals surface area contributed by atoms with E-state index in [9.17, 15) is 14.7 Å². The van der Waals surface area contributed by atoms with Gasteiger partial charge in [0.1, 0.15) is 18.5 Å². The van der Waals surface area contributed by atoms with E-state index in [1.807, 2.05) is 6.92 Å². The number of carbonyl (C=O) groups is 2. The second kappa shape index (κ2) is 9.39. The van der Waals surface area contributed by atoms with Crippen LogP contribution in [-0.4, -0.2) is 42.1 Å². The first-order valence-electron chi connectivity index (χ1n) is 8.51. The minimum atomic E-state index is -0.684. The summed E-state index contributed by atoms with van der Waals surface area (Å²) in [6, 6.07) is 6.93. The van der Waals surface area contributed by atoms with Crippen molar-refractivity contribution >= 4 is 17.6 Å². The zero-order chi connectivity index (χ0) is 18.2. The molecule has 0 bridgehead atoms. The molecule has 1 aromatic rings. The van der Waals surface area contributed by atoms with Crippen molar-refractivity contribution in [2.75, 3.05) is 11.9 Å². The molecule has 3 atom stereocenters. The molecule has 25 heavy (non-hydrogen) atoms. The highest BCUT2D eigenvalue weighted by molar-refractivity contribution is 5.88. The lowest BCUT2D eigenvalue weighted by Gasteiger charge is -2.33. The van der Waals surface area contributed by atoms with Crippen LogP contribution >= 0.6 is 0 Å². The van der Waals surface area contributed by atoms with E-state index in [1.54, 1.807) is 24.3 Å². The van der Waals surface area contributed by atoms with Crippen LogP contribution in [0.5, 0.6) is 5.75 Å². The predicted molar refractivity (Wildman–Crippen MR) is 91.1 cm³/mol. The Hall–Kier alpha value is -2.12. The summed E-state index contributed by atoms with van der Waals surface area (Å²) in [6.45, 7) is 3.36. The van der Waals surface area contributed by atoms with Gasteiger partial charge in [-0.1, -0.05) is 6.92 Å². The Balaban J connectivity index is 1.85. The molecule has 1 aliphatic rings. The van der Waals surface area contributed by atoms with Crippen LogP contribution < -0.4 is 10.1 Å². The molecule has 0 radical (unpaired) electrons. The molecule has 1 aromatic carbocycles. The van der Waals surface area contributed by atoms with Gasteiger partial charge < -0.3 is 24.6 Å². The van der Waals surface area contributed by atoms with Gasteiger partial charge in [-0.15, -0.1) is 0 Å². The van der Waals surface area contributed by atoms with Crippen LogP contribution in [0.3, 0.4) is 0 Å². The molecule has 138 valence electrons. The fourth-order valence-corrected chi connectivity index (χ4v) is 2.51. The predicted octanol–water partition coefficient (Wildman–Crippen LogP) is 2.23. The van der Waals surface area contributed by atoms with E-state index >= 15 is 0 Å². The molecule has 1 unspecified atom stereocenters. The monoisotopic (exact) mass is 351 g/mol. The second-order valence-electron chi connectivity index (χ2n) is 6.01. The first kappa shape index (κ1) is 19.2. The number of benzene rings is 1. The number of aliphatic hydroxyl groups excluding tert-OH is 1. The van der Waals surface area contributed by atoms with Crippen molar-refractivity contribution in [2.45, 2.75) is 58.0 Å². The molecular weight excluding hydrogens is 326 g/mol. The van der Waals surface area contributed by atoms with Gasteiger partial charge in [-0.3, -0.25) is 9.59 Å². The number of amides is 1. The third-order valence-corrected chi connectivity index (χ3v) is 3.76. The third kappa shape index (κ3) is 6.36. The van der Waals surface area contributed by atoms with Crippen LogP contribution in [0.4, 0.5) is 5.69 Å². The van der Waals surface area contributed by atoms with Gasteiger partial charge >= 0.3 is 5.97 Å². The molecule has 0 spiro atoms. The van der Waals surface area contributed by atoms with Crippen LogP contribution in [0.25, 0.3) is 0 Å². The van der Waals surface area contributed by atoms with Gasteiger partial charge in [-0.2, -0.15) is 0 Å². The number of nitrogens with one attached hydrogen (secondary N) is 1. The van der Waals surface area contributed by atoms with Gasteiger partial charge in [-0.25, -0.2) is 0 Å². The summed E-state index contributed by atoms with van der Waals surface area (Å²) in [6.07, 6.45) is 0.300. The lowest BCUT2D eigenvalue weighted by Crippen LogP contribution is -2.44. The van der Waals surface area contributed by atoms with E-state index in [4.69, 9.17) is 14.2 Å². The van der Waals surface area contributed by atoms with E-state index in [2.05, 4.69) is 5.32 Å². The van der Waals surface area contributed by atoms with Gasteiger partial charge in [0.15, 0.2) is 6.29 Å². The first-order chi connectivity index (χ1) is 12.0. The van der Waals surface area contributed by atoms with Gasteiger partial charge in [0, 0.05) is 25.5 Å². The summed E-state index contributed by atoms with van der Waals surface area (Å²) in [4.78, 5) is 22.5. The highest BCUT2D eigenvalue weighted by Gasteiger charge is 2.32. The molecule has 0 saturated carbocycles. The number of rotatable bonds is 7. The van der Waals surface area contributed by atoms with Crippen molar-refractivity contribution in [2.24, 2.45) is 0 Å². The molecule has 0 aromatic heterocycles. The molecule has 1 saturated heterocycles. The number of hydrogen-bond donors (Lipinski definition) is 2. The lowest BCUT2D eigenvalue weighted by molar-refractivity contribution is -0.203. The smallest absolute Gasteiger partial charge is 0.305 e. The number of carbonyl (C=O) groups excluding carboxylic acids is 2. The fraction of sp³-hybridized carbons (Fsp3) is 0.556. The Morgan fingerprint density at radius 2 is 2.00 bits per heavy atom. The molecule has 1 aliphatic heterocycles. The second-order valence-corrected chi connectivity index (χ2v) is 6.01. The van der Waals surface area contributed by atoms with Crippen molar-refractivity contribution in [3.05, 3.63) is 24.3 Å². The highest BCUT2D eigenvalue weighted by atomic mass is 16.7. The largest absolute Gasteiger partial charge is 0.465 e. The van der Waals surface area contributed by atoms with Crippen molar-refractivity contribution in [3.63, 3.8) is 0 Å². The van der Waals surface area contributed by atoms with Crippen LogP contribution in [-0.2, 0) is 19.1 Å². The summed E-state index contributed by atoms with van der Waals surface area (Å²) < 4.78 is 16.6. The molecular formula is C18H25NO6. The topological polar surface area (TPSA) is 94.1 Å². The molecule has 1 fully saturated rings. The van der Waals surface area contributed by atoms with E-state index in [-0.39, 0.29) is 18.5 Å². The Kier molecular flexibility index (Phi) is 7.21. The molecule has 0 aliphatic carbocycles. The summed E-state index contributed by atoms with van der Waals surface area (Å²) >= 11 is 0. The Labute approximate surface area is 147 Å². The van der Waals surface area contributed by atoms with E-state index in [0.717, 1.165) is 0 Å². The SMILES string of the molecule is CCCC(=O)OCC1O[C@H](Oc2ccc(NC(C)=O)cc2)CC[C@@H]1O. The summed E-state index contributed by atoms with van der Waals surface area (Å²) in [5, 5.41) is 12.7. The minimum absolute atomic E-state index is 0.0152. The molecule has 1 heterocycles. The van der Waals surface area contributed by atoms with Gasteiger partial charge in [0.2, 0.25) is 5.91 Å². The van der Waals surface area contributed by atoms with Crippen LogP contribution in [0.2, 0.25) is 0 Å². The maximum atomic E-state index is 11.5. The number of aliphatic hydroxyl groups is 1. The maximum absolute atomic E-state index is 11.5. The molecule has 7 heteroatoms. The Morgan fingerprint density at radius 3 is 2.64 bits per heavy atom. The van der Waals surface area contributed by atoms with E-state index in [0.29, 0.717) is 37.1 Å². The molecule has 2 N–H and O–H groups in total. The minimum Gasteiger partial charge on any atom is -0.465 e. The number of esters is 1. The molecule has 7 nitrogen and oxygen atoms in total. The third-order valence-electron chi connectivity index (χ3n) is 3.76. The lowest BCUT2D eigenvalue weighted by atomic mass is 10.1. The first-order valence-corrected chi connectivity index (χ1v) is 8.51. The van der Waals surface area contributed by atoms with Gasteiger partial charge in [0.25, 0.3) is 0 Å². The van der Waals surface area contributed by atoms with Crippen LogP contribution in [0.15, 0.2) is 24.3 Å². The Bertz CT molecular complexity index is 573. The van der Waals surface area contributed by atoms with Crippen molar-refractivity contribution < 1.29 is 28.9 Å². The zero-order valence-electron chi connectivity index (χ0n) is 14.6. The quantitative estimate of drug-likeness (QED) is 0.732. The number of ether oxygens (including phenoxy) is 3. The van der Waals surface area contributed by atoms with Gasteiger partial charge in [0.05, 0.1) is 6.10 Å². The average molecular weight is 351 g/mol. The van der Waals surface area contributed by atoms with Crippen LogP contribution in [0.1, 0.15) is 39.5 Å². The summed E-state index contributed by atoms with van der Waals surface area (Å²) in [5.41, 5.74) is 0.681. The van der Waals surface area contributed by atoms with E-state index in [1.165, 1.54) is 6.92 Å².